The van der Waals surface area contributed by atoms with E-state index in [1.807, 2.05) is 0 Å². The lowest BCUT2D eigenvalue weighted by atomic mass is 9.96. The molecule has 1 aromatic rings. The van der Waals surface area contributed by atoms with Crippen LogP contribution in [0.2, 0.25) is 5.02 Å². The Morgan fingerprint density at radius 1 is 1.15 bits per heavy atom. The average Bonchev–Trinajstić information content (AvgIpc) is 2.52. The highest BCUT2D eigenvalue weighted by Gasteiger charge is 2.49. The van der Waals surface area contributed by atoms with E-state index in [1.165, 1.54) is 6.20 Å². The Morgan fingerprint density at radius 2 is 1.81 bits per heavy atom. The Bertz CT molecular complexity index is 694. The lowest BCUT2D eigenvalue weighted by molar-refractivity contribution is -0.187. The number of likely N-dealkylation sites (tertiary alicyclic amines) is 1. The van der Waals surface area contributed by atoms with E-state index in [2.05, 4.69) is 4.98 Å². The molecule has 26 heavy (non-hydrogen) atoms. The van der Waals surface area contributed by atoms with Crippen LogP contribution >= 0.6 is 11.6 Å². The smallest absolute Gasteiger partial charge is 0.344 e. The predicted molar refractivity (Wildman–Crippen MR) is 77.3 cm³/mol. The van der Waals surface area contributed by atoms with Crippen LogP contribution in [0.5, 0.6) is 0 Å². The summed E-state index contributed by atoms with van der Waals surface area (Å²) in [6, 6.07) is -2.35. The van der Waals surface area contributed by atoms with Crippen LogP contribution in [0.3, 0.4) is 0 Å². The summed E-state index contributed by atoms with van der Waals surface area (Å²) in [5.74, 6) is -3.36. The lowest BCUT2D eigenvalue weighted by Crippen LogP contribution is -2.59. The molecule has 0 spiro atoms. The molecule has 5 nitrogen and oxygen atoms in total. The molecule has 0 bridgehead atoms. The first-order valence-corrected chi connectivity index (χ1v) is 7.63. The molecule has 1 aromatic heterocycles. The monoisotopic (exact) mass is 403 g/mol. The zero-order valence-electron chi connectivity index (χ0n) is 12.9. The molecule has 1 N–H and O–H groups in total. The van der Waals surface area contributed by atoms with Crippen LogP contribution in [0.25, 0.3) is 0 Å². The number of amides is 2. The van der Waals surface area contributed by atoms with Crippen LogP contribution in [0.1, 0.15) is 23.2 Å². The number of piperidine rings is 1. The molecular formula is C14H12ClF6N3O2. The van der Waals surface area contributed by atoms with Crippen LogP contribution in [0.15, 0.2) is 18.5 Å². The summed E-state index contributed by atoms with van der Waals surface area (Å²) < 4.78 is 76.7. The number of hydrogen-bond acceptors (Lipinski definition) is 3. The Morgan fingerprint density at radius 3 is 2.35 bits per heavy atom. The van der Waals surface area contributed by atoms with Crippen molar-refractivity contribution < 1.29 is 35.9 Å². The van der Waals surface area contributed by atoms with E-state index in [0.29, 0.717) is 4.90 Å². The minimum Gasteiger partial charge on any atom is -0.344 e. The molecule has 1 aliphatic heterocycles. The Hall–Kier alpha value is -2.04. The van der Waals surface area contributed by atoms with Gasteiger partial charge in [-0.25, -0.2) is 0 Å². The molecule has 2 rings (SSSR count). The average molecular weight is 404 g/mol. The van der Waals surface area contributed by atoms with Crippen molar-refractivity contribution in [2.45, 2.75) is 37.3 Å². The van der Waals surface area contributed by atoms with Crippen molar-refractivity contribution in [2.24, 2.45) is 0 Å². The van der Waals surface area contributed by atoms with E-state index in [4.69, 9.17) is 11.6 Å². The summed E-state index contributed by atoms with van der Waals surface area (Å²) in [4.78, 5) is 27.4. The summed E-state index contributed by atoms with van der Waals surface area (Å²) in [5, 5.41) is 1.62. The lowest BCUT2D eigenvalue weighted by Gasteiger charge is -2.40. The van der Waals surface area contributed by atoms with Gasteiger partial charge in [0, 0.05) is 25.0 Å². The second-order valence-electron chi connectivity index (χ2n) is 5.65. The molecule has 1 aliphatic rings. The first-order chi connectivity index (χ1) is 11.9. The number of alkyl halides is 6. The Labute approximate surface area is 148 Å². The topological polar surface area (TPSA) is 62.3 Å². The van der Waals surface area contributed by atoms with Gasteiger partial charge in [0.25, 0.3) is 5.91 Å². The molecule has 144 valence electrons. The normalized spacial score (nSPS) is 21.4. The number of nitrogens with one attached hydrogen (secondary N) is 1. The second-order valence-corrected chi connectivity index (χ2v) is 6.09. The van der Waals surface area contributed by atoms with Crippen LogP contribution < -0.4 is 5.32 Å². The maximum atomic E-state index is 13.2. The van der Waals surface area contributed by atoms with Crippen molar-refractivity contribution in [2.75, 3.05) is 6.54 Å². The van der Waals surface area contributed by atoms with E-state index in [-0.39, 0.29) is 17.0 Å². The molecule has 1 saturated heterocycles. The molecule has 0 radical (unpaired) electrons. The third-order valence-electron chi connectivity index (χ3n) is 3.77. The van der Waals surface area contributed by atoms with Gasteiger partial charge in [0.2, 0.25) is 0 Å². The predicted octanol–water partition coefficient (Wildman–Crippen LogP) is 2.95. The van der Waals surface area contributed by atoms with Gasteiger partial charge in [-0.3, -0.25) is 14.6 Å². The fourth-order valence-corrected chi connectivity index (χ4v) is 2.79. The van der Waals surface area contributed by atoms with Gasteiger partial charge in [-0.05, 0) is 18.9 Å². The van der Waals surface area contributed by atoms with Gasteiger partial charge < -0.3 is 10.2 Å². The first kappa shape index (κ1) is 20.3. The summed E-state index contributed by atoms with van der Waals surface area (Å²) >= 11 is 5.66. The minimum atomic E-state index is -5.17. The zero-order valence-corrected chi connectivity index (χ0v) is 13.6. The maximum Gasteiger partial charge on any atom is 0.471 e. The van der Waals surface area contributed by atoms with E-state index < -0.39 is 49.2 Å². The van der Waals surface area contributed by atoms with Crippen LogP contribution in [0.4, 0.5) is 26.3 Å². The molecule has 0 saturated carbocycles. The van der Waals surface area contributed by atoms with Gasteiger partial charge in [0.05, 0.1) is 10.6 Å². The molecular weight excluding hydrogens is 392 g/mol. The van der Waals surface area contributed by atoms with Crippen molar-refractivity contribution in [1.82, 2.24) is 15.2 Å². The van der Waals surface area contributed by atoms with E-state index in [1.54, 1.807) is 5.32 Å². The molecule has 0 unspecified atom stereocenters. The number of nitrogens with zero attached hydrogens (tertiary/aromatic N) is 2. The highest BCUT2D eigenvalue weighted by molar-refractivity contribution is 6.30. The summed E-state index contributed by atoms with van der Waals surface area (Å²) in [7, 11) is 0. The molecule has 12 heteroatoms. The van der Waals surface area contributed by atoms with Crippen molar-refractivity contribution in [1.29, 1.82) is 0 Å². The number of halogens is 7. The largest absolute Gasteiger partial charge is 0.471 e. The molecule has 2 amide bonds. The molecule has 2 heterocycles. The van der Waals surface area contributed by atoms with Gasteiger partial charge in [-0.15, -0.1) is 0 Å². The highest BCUT2D eigenvalue weighted by atomic mass is 35.5. The van der Waals surface area contributed by atoms with Crippen molar-refractivity contribution in [3.8, 4) is 0 Å². The first-order valence-electron chi connectivity index (χ1n) is 7.25. The minimum absolute atomic E-state index is 0.0124. The Kier molecular flexibility index (Phi) is 5.69. The maximum absolute atomic E-state index is 13.2. The van der Waals surface area contributed by atoms with Crippen molar-refractivity contribution in [3.05, 3.63) is 29.0 Å². The number of rotatable bonds is 2. The van der Waals surface area contributed by atoms with Gasteiger partial charge in [-0.1, -0.05) is 11.6 Å². The molecule has 0 aromatic carbocycles. The SMILES string of the molecule is O=C(c1cncc(Cl)c1)N1C[C@H](NC(=O)C(F)(F)F)CC[C@H]1C(F)(F)F. The number of carbonyl (C=O) groups excluding carboxylic acids is 2. The van der Waals surface area contributed by atoms with Crippen molar-refractivity contribution in [3.63, 3.8) is 0 Å². The summed E-state index contributed by atoms with van der Waals surface area (Å²) in [6.45, 7) is -0.725. The number of aromatic nitrogens is 1. The highest BCUT2D eigenvalue weighted by Crippen LogP contribution is 2.33. The fourth-order valence-electron chi connectivity index (χ4n) is 2.62. The zero-order chi connectivity index (χ0) is 19.7. The van der Waals surface area contributed by atoms with E-state index >= 15 is 0 Å². The van der Waals surface area contributed by atoms with Gasteiger partial charge in [-0.2, -0.15) is 26.3 Å². The quantitative estimate of drug-likeness (QED) is 0.772. The standard InChI is InChI=1S/C14H12ClF6N3O2/c15-8-3-7(4-22-5-8)11(25)24-6-9(23-12(26)14(19,20)21)1-2-10(24)13(16,17)18/h3-5,9-10H,1-2,6H2,(H,23,26)/t9-,10+/m1/s1. The van der Waals surface area contributed by atoms with Crippen LogP contribution in [0, 0.1) is 0 Å². The molecule has 0 aliphatic carbocycles. The fraction of sp³-hybridized carbons (Fsp3) is 0.500. The van der Waals surface area contributed by atoms with Gasteiger partial charge in [0.1, 0.15) is 6.04 Å². The number of pyridine rings is 1. The third kappa shape index (κ3) is 4.77. The van der Waals surface area contributed by atoms with Crippen LogP contribution in [-0.4, -0.2) is 52.7 Å². The van der Waals surface area contributed by atoms with Gasteiger partial charge >= 0.3 is 18.3 Å². The summed E-state index contributed by atoms with van der Waals surface area (Å²) in [5.41, 5.74) is -0.241. The van der Waals surface area contributed by atoms with E-state index in [9.17, 15) is 35.9 Å². The second kappa shape index (κ2) is 7.29. The summed E-state index contributed by atoms with van der Waals surface area (Å²) in [6.07, 6.45) is -8.79. The Balaban J connectivity index is 2.24. The molecule has 1 fully saturated rings. The van der Waals surface area contributed by atoms with Crippen molar-refractivity contribution >= 4 is 23.4 Å². The third-order valence-corrected chi connectivity index (χ3v) is 3.97. The molecule has 2 atom stereocenters. The van der Waals surface area contributed by atoms with Gasteiger partial charge in [0.15, 0.2) is 0 Å². The van der Waals surface area contributed by atoms with E-state index in [0.717, 1.165) is 12.3 Å². The number of carbonyl (C=O) groups is 2. The number of hydrogen-bond donors (Lipinski definition) is 1. The van der Waals surface area contributed by atoms with Crippen LogP contribution in [-0.2, 0) is 4.79 Å².